The number of nitrogens with one attached hydrogen (secondary N) is 1. The van der Waals surface area contributed by atoms with E-state index < -0.39 is 14.8 Å². The number of rotatable bonds is 4. The van der Waals surface area contributed by atoms with Crippen LogP contribution in [-0.2, 0) is 9.84 Å². The van der Waals surface area contributed by atoms with Crippen molar-refractivity contribution < 1.29 is 18.1 Å². The standard InChI is InChI=1S/C11H14N2O5S/c1-18-11-6-9(13(14)15)2-3-10(11)12-8-4-5-19(16,17)7-8/h2-3,6,8,12H,4-5,7H2,1H3. The number of hydrogen-bond acceptors (Lipinski definition) is 6. The minimum absolute atomic E-state index is 0.0681. The molecule has 1 heterocycles. The molecule has 0 saturated carbocycles. The summed E-state index contributed by atoms with van der Waals surface area (Å²) in [5.41, 5.74) is 0.497. The number of nitro benzene ring substituents is 1. The maximum atomic E-state index is 11.4. The van der Waals surface area contributed by atoms with Crippen LogP contribution in [0.4, 0.5) is 11.4 Å². The molecule has 0 aromatic heterocycles. The normalized spacial score (nSPS) is 21.0. The van der Waals surface area contributed by atoms with Gasteiger partial charge in [-0.2, -0.15) is 0 Å². The van der Waals surface area contributed by atoms with Crippen molar-refractivity contribution in [2.75, 3.05) is 23.9 Å². The molecule has 7 nitrogen and oxygen atoms in total. The third-order valence-corrected chi connectivity index (χ3v) is 4.76. The van der Waals surface area contributed by atoms with Gasteiger partial charge in [-0.1, -0.05) is 0 Å². The van der Waals surface area contributed by atoms with E-state index in [4.69, 9.17) is 4.74 Å². The zero-order chi connectivity index (χ0) is 14.0. The molecule has 1 saturated heterocycles. The fraction of sp³-hybridized carbons (Fsp3) is 0.455. The number of hydrogen-bond donors (Lipinski definition) is 1. The number of anilines is 1. The predicted molar refractivity (Wildman–Crippen MR) is 70.3 cm³/mol. The SMILES string of the molecule is COc1cc([N+](=O)[O-])ccc1NC1CCS(=O)(=O)C1. The van der Waals surface area contributed by atoms with Gasteiger partial charge in [0.15, 0.2) is 9.84 Å². The molecule has 1 fully saturated rings. The van der Waals surface area contributed by atoms with E-state index in [1.807, 2.05) is 0 Å². The number of nitrogens with zero attached hydrogens (tertiary/aromatic N) is 1. The molecule has 1 N–H and O–H groups in total. The average molecular weight is 286 g/mol. The van der Waals surface area contributed by atoms with Gasteiger partial charge in [-0.25, -0.2) is 8.42 Å². The van der Waals surface area contributed by atoms with Crippen LogP contribution >= 0.6 is 0 Å². The first-order valence-electron chi connectivity index (χ1n) is 5.71. The third kappa shape index (κ3) is 3.14. The summed E-state index contributed by atoms with van der Waals surface area (Å²) in [5.74, 6) is 0.575. The largest absolute Gasteiger partial charge is 0.494 e. The van der Waals surface area contributed by atoms with E-state index in [-0.39, 0.29) is 23.2 Å². The molecule has 0 spiro atoms. The van der Waals surface area contributed by atoms with E-state index >= 15 is 0 Å². The highest BCUT2D eigenvalue weighted by Crippen LogP contribution is 2.30. The molecule has 19 heavy (non-hydrogen) atoms. The van der Waals surface area contributed by atoms with Gasteiger partial charge in [0.2, 0.25) is 0 Å². The van der Waals surface area contributed by atoms with Crippen LogP contribution < -0.4 is 10.1 Å². The van der Waals surface area contributed by atoms with Gasteiger partial charge in [0.1, 0.15) is 5.75 Å². The van der Waals surface area contributed by atoms with Crippen molar-refractivity contribution in [2.45, 2.75) is 12.5 Å². The van der Waals surface area contributed by atoms with Gasteiger partial charge in [-0.15, -0.1) is 0 Å². The van der Waals surface area contributed by atoms with Crippen molar-refractivity contribution in [3.8, 4) is 5.75 Å². The lowest BCUT2D eigenvalue weighted by atomic mass is 10.2. The Hall–Kier alpha value is -1.83. The van der Waals surface area contributed by atoms with Crippen LogP contribution in [0.2, 0.25) is 0 Å². The number of methoxy groups -OCH3 is 1. The van der Waals surface area contributed by atoms with Crippen LogP contribution in [-0.4, -0.2) is 38.0 Å². The highest BCUT2D eigenvalue weighted by molar-refractivity contribution is 7.91. The summed E-state index contributed by atoms with van der Waals surface area (Å²) >= 11 is 0. The van der Waals surface area contributed by atoms with E-state index in [0.29, 0.717) is 17.9 Å². The predicted octanol–water partition coefficient (Wildman–Crippen LogP) is 1.20. The fourth-order valence-corrected chi connectivity index (χ4v) is 3.71. The van der Waals surface area contributed by atoms with Crippen molar-refractivity contribution in [1.29, 1.82) is 0 Å². The number of benzene rings is 1. The van der Waals surface area contributed by atoms with E-state index in [1.54, 1.807) is 0 Å². The van der Waals surface area contributed by atoms with Crippen molar-refractivity contribution in [3.05, 3.63) is 28.3 Å². The smallest absolute Gasteiger partial charge is 0.273 e. The highest BCUT2D eigenvalue weighted by atomic mass is 32.2. The first-order chi connectivity index (χ1) is 8.91. The minimum Gasteiger partial charge on any atom is -0.494 e. The summed E-state index contributed by atoms with van der Waals surface area (Å²) in [4.78, 5) is 10.2. The summed E-state index contributed by atoms with van der Waals surface area (Å²) in [5, 5.41) is 13.7. The molecule has 1 atom stereocenters. The van der Waals surface area contributed by atoms with Crippen LogP contribution in [0.5, 0.6) is 5.75 Å². The maximum Gasteiger partial charge on any atom is 0.273 e. The molecule has 1 unspecified atom stereocenters. The second-order valence-electron chi connectivity index (χ2n) is 4.39. The molecule has 104 valence electrons. The second-order valence-corrected chi connectivity index (χ2v) is 6.61. The number of nitro groups is 1. The highest BCUT2D eigenvalue weighted by Gasteiger charge is 2.28. The average Bonchev–Trinajstić information content (AvgIpc) is 2.69. The first kappa shape index (κ1) is 13.6. The molecule has 1 aromatic rings. The molecule has 8 heteroatoms. The molecule has 1 aromatic carbocycles. The van der Waals surface area contributed by atoms with Crippen LogP contribution in [0, 0.1) is 10.1 Å². The summed E-state index contributed by atoms with van der Waals surface area (Å²) in [6.07, 6.45) is 0.530. The maximum absolute atomic E-state index is 11.4. The molecular formula is C11H14N2O5S. The van der Waals surface area contributed by atoms with Crippen LogP contribution in [0.3, 0.4) is 0 Å². The van der Waals surface area contributed by atoms with Crippen molar-refractivity contribution >= 4 is 21.2 Å². The lowest BCUT2D eigenvalue weighted by Crippen LogP contribution is -2.20. The van der Waals surface area contributed by atoms with Gasteiger partial charge >= 0.3 is 0 Å². The Morgan fingerprint density at radius 3 is 2.74 bits per heavy atom. The topological polar surface area (TPSA) is 98.5 Å². The van der Waals surface area contributed by atoms with Gasteiger partial charge in [0.25, 0.3) is 5.69 Å². The van der Waals surface area contributed by atoms with E-state index in [1.165, 1.54) is 25.3 Å². The Labute approximate surface area is 110 Å². The van der Waals surface area contributed by atoms with E-state index in [9.17, 15) is 18.5 Å². The fourth-order valence-electron chi connectivity index (χ4n) is 2.04. The van der Waals surface area contributed by atoms with Crippen molar-refractivity contribution in [1.82, 2.24) is 0 Å². The lowest BCUT2D eigenvalue weighted by Gasteiger charge is -2.15. The zero-order valence-corrected chi connectivity index (χ0v) is 11.1. The van der Waals surface area contributed by atoms with E-state index in [0.717, 1.165) is 0 Å². The molecular weight excluding hydrogens is 272 g/mol. The first-order valence-corrected chi connectivity index (χ1v) is 7.53. The number of ether oxygens (including phenoxy) is 1. The van der Waals surface area contributed by atoms with Gasteiger partial charge in [-0.3, -0.25) is 10.1 Å². The van der Waals surface area contributed by atoms with Crippen LogP contribution in [0.25, 0.3) is 0 Å². The Bertz CT molecular complexity index is 599. The van der Waals surface area contributed by atoms with Crippen molar-refractivity contribution in [2.24, 2.45) is 0 Å². The Kier molecular flexibility index (Phi) is 3.61. The molecule has 0 bridgehead atoms. The van der Waals surface area contributed by atoms with Gasteiger partial charge in [0, 0.05) is 12.1 Å². The molecule has 0 aliphatic carbocycles. The molecule has 0 radical (unpaired) electrons. The van der Waals surface area contributed by atoms with Crippen LogP contribution in [0.1, 0.15) is 6.42 Å². The number of sulfone groups is 1. The number of non-ortho nitro benzene ring substituents is 1. The van der Waals surface area contributed by atoms with Crippen LogP contribution in [0.15, 0.2) is 18.2 Å². The molecule has 1 aliphatic rings. The summed E-state index contributed by atoms with van der Waals surface area (Å²) < 4.78 is 27.8. The quantitative estimate of drug-likeness (QED) is 0.659. The molecule has 0 amide bonds. The summed E-state index contributed by atoms with van der Waals surface area (Å²) in [6.45, 7) is 0. The third-order valence-electron chi connectivity index (χ3n) is 2.99. The summed E-state index contributed by atoms with van der Waals surface area (Å²) in [7, 11) is -1.56. The molecule has 1 aliphatic heterocycles. The monoisotopic (exact) mass is 286 g/mol. The van der Waals surface area contributed by atoms with Crippen molar-refractivity contribution in [3.63, 3.8) is 0 Å². The van der Waals surface area contributed by atoms with Gasteiger partial charge in [0.05, 0.1) is 35.3 Å². The minimum atomic E-state index is -2.97. The van der Waals surface area contributed by atoms with E-state index in [2.05, 4.69) is 5.32 Å². The van der Waals surface area contributed by atoms with Gasteiger partial charge < -0.3 is 10.1 Å². The molecule has 2 rings (SSSR count). The van der Waals surface area contributed by atoms with Gasteiger partial charge in [-0.05, 0) is 12.5 Å². The summed E-state index contributed by atoms with van der Waals surface area (Å²) in [6, 6.07) is 4.02. The second kappa shape index (κ2) is 5.04. The Balaban J connectivity index is 2.19. The lowest BCUT2D eigenvalue weighted by molar-refractivity contribution is -0.384. The zero-order valence-electron chi connectivity index (χ0n) is 10.3. The Morgan fingerprint density at radius 2 is 2.21 bits per heavy atom. The Morgan fingerprint density at radius 1 is 1.47 bits per heavy atom.